The minimum absolute atomic E-state index is 0.238. The van der Waals surface area contributed by atoms with Crippen LogP contribution in [0, 0.1) is 5.82 Å². The molecule has 1 aromatic carbocycles. The van der Waals surface area contributed by atoms with Crippen molar-refractivity contribution in [2.24, 2.45) is 0 Å². The van der Waals surface area contributed by atoms with Gasteiger partial charge < -0.3 is 10.1 Å². The molecule has 1 saturated carbocycles. The molecule has 2 aromatic rings. The second-order valence-electron chi connectivity index (χ2n) is 5.15. The van der Waals surface area contributed by atoms with Gasteiger partial charge in [-0.1, -0.05) is 0 Å². The highest BCUT2D eigenvalue weighted by molar-refractivity contribution is 5.63. The first kappa shape index (κ1) is 13.8. The number of nitrogens with zero attached hydrogens (tertiary/aromatic N) is 2. The molecule has 5 heteroatoms. The molecule has 0 bridgehead atoms. The van der Waals surface area contributed by atoms with E-state index in [1.54, 1.807) is 6.07 Å². The summed E-state index contributed by atoms with van der Waals surface area (Å²) in [6.07, 6.45) is 2.26. The van der Waals surface area contributed by atoms with E-state index in [1.165, 1.54) is 13.2 Å². The van der Waals surface area contributed by atoms with Crippen molar-refractivity contribution >= 4 is 5.82 Å². The highest BCUT2D eigenvalue weighted by Crippen LogP contribution is 2.39. The molecule has 1 fully saturated rings. The van der Waals surface area contributed by atoms with E-state index in [0.29, 0.717) is 5.92 Å². The van der Waals surface area contributed by atoms with Crippen LogP contribution in [0.15, 0.2) is 24.3 Å². The molecular formula is C16H18FN3O. The molecule has 4 nitrogen and oxygen atoms in total. The fourth-order valence-electron chi connectivity index (χ4n) is 2.24. The third-order valence-electron chi connectivity index (χ3n) is 3.49. The maximum Gasteiger partial charge on any atom is 0.165 e. The van der Waals surface area contributed by atoms with E-state index in [4.69, 9.17) is 4.74 Å². The number of halogens is 1. The predicted octanol–water partition coefficient (Wildman–Crippen LogP) is 3.60. The van der Waals surface area contributed by atoms with E-state index >= 15 is 0 Å². The molecular weight excluding hydrogens is 269 g/mol. The molecule has 21 heavy (non-hydrogen) atoms. The van der Waals surface area contributed by atoms with Gasteiger partial charge in [-0.15, -0.1) is 0 Å². The Bertz CT molecular complexity index is 656. The van der Waals surface area contributed by atoms with Crippen LogP contribution in [0.4, 0.5) is 10.2 Å². The minimum Gasteiger partial charge on any atom is -0.494 e. The van der Waals surface area contributed by atoms with Crippen LogP contribution in [-0.4, -0.2) is 23.6 Å². The molecule has 1 heterocycles. The molecule has 0 radical (unpaired) electrons. The highest BCUT2D eigenvalue weighted by atomic mass is 19.1. The van der Waals surface area contributed by atoms with Crippen molar-refractivity contribution in [3.63, 3.8) is 0 Å². The first-order chi connectivity index (χ1) is 10.2. The van der Waals surface area contributed by atoms with Gasteiger partial charge in [-0.3, -0.25) is 0 Å². The van der Waals surface area contributed by atoms with Gasteiger partial charge in [0.1, 0.15) is 11.6 Å². The van der Waals surface area contributed by atoms with E-state index in [-0.39, 0.29) is 11.6 Å². The Labute approximate surface area is 123 Å². The monoisotopic (exact) mass is 287 g/mol. The number of aromatic nitrogens is 2. The zero-order valence-electron chi connectivity index (χ0n) is 12.2. The van der Waals surface area contributed by atoms with Crippen molar-refractivity contribution < 1.29 is 9.13 Å². The number of rotatable bonds is 5. The molecule has 1 aliphatic rings. The van der Waals surface area contributed by atoms with Crippen LogP contribution < -0.4 is 10.1 Å². The lowest BCUT2D eigenvalue weighted by Gasteiger charge is -2.09. The van der Waals surface area contributed by atoms with Gasteiger partial charge in [0.05, 0.1) is 12.8 Å². The van der Waals surface area contributed by atoms with Crippen LogP contribution in [0.2, 0.25) is 0 Å². The van der Waals surface area contributed by atoms with Gasteiger partial charge >= 0.3 is 0 Å². The Kier molecular flexibility index (Phi) is 3.73. The summed E-state index contributed by atoms with van der Waals surface area (Å²) in [5.41, 5.74) is 1.47. The fourth-order valence-corrected chi connectivity index (χ4v) is 2.24. The summed E-state index contributed by atoms with van der Waals surface area (Å²) in [5, 5.41) is 3.21. The van der Waals surface area contributed by atoms with E-state index in [2.05, 4.69) is 15.3 Å². The first-order valence-electron chi connectivity index (χ1n) is 7.18. The second-order valence-corrected chi connectivity index (χ2v) is 5.15. The molecule has 110 valence electrons. The van der Waals surface area contributed by atoms with Gasteiger partial charge in [-0.25, -0.2) is 14.4 Å². The SMILES string of the molecule is CCNc1cc(-c2ccc(OC)c(F)c2)nc(C2CC2)n1. The summed E-state index contributed by atoms with van der Waals surface area (Å²) in [7, 11) is 1.46. The summed E-state index contributed by atoms with van der Waals surface area (Å²) in [4.78, 5) is 9.11. The van der Waals surface area contributed by atoms with Crippen molar-refractivity contribution in [1.29, 1.82) is 0 Å². The molecule has 1 N–H and O–H groups in total. The zero-order chi connectivity index (χ0) is 14.8. The lowest BCUT2D eigenvalue weighted by Crippen LogP contribution is -2.04. The Balaban J connectivity index is 2.01. The van der Waals surface area contributed by atoms with Crippen LogP contribution in [0.25, 0.3) is 11.3 Å². The molecule has 1 aliphatic carbocycles. The van der Waals surface area contributed by atoms with Crippen LogP contribution in [0.3, 0.4) is 0 Å². The second kappa shape index (κ2) is 5.68. The van der Waals surface area contributed by atoms with Gasteiger partial charge in [0.2, 0.25) is 0 Å². The normalized spacial score (nSPS) is 14.0. The predicted molar refractivity (Wildman–Crippen MR) is 80.1 cm³/mol. The standard InChI is InChI=1S/C16H18FN3O/c1-3-18-15-9-13(19-16(20-15)10-4-5-10)11-6-7-14(21-2)12(17)8-11/h6-10H,3-5H2,1-2H3,(H,18,19,20). The van der Waals surface area contributed by atoms with Crippen molar-refractivity contribution in [2.45, 2.75) is 25.7 Å². The number of nitrogens with one attached hydrogen (secondary N) is 1. The average Bonchev–Trinajstić information content (AvgIpc) is 3.32. The molecule has 0 atom stereocenters. The molecule has 0 amide bonds. The van der Waals surface area contributed by atoms with Crippen LogP contribution in [0.1, 0.15) is 31.5 Å². The van der Waals surface area contributed by atoms with E-state index in [0.717, 1.165) is 42.3 Å². The van der Waals surface area contributed by atoms with Crippen molar-refractivity contribution in [3.05, 3.63) is 35.9 Å². The highest BCUT2D eigenvalue weighted by Gasteiger charge is 2.27. The zero-order valence-corrected chi connectivity index (χ0v) is 12.2. The number of hydrogen-bond acceptors (Lipinski definition) is 4. The molecule has 3 rings (SSSR count). The summed E-state index contributed by atoms with van der Waals surface area (Å²) in [6, 6.07) is 6.75. The van der Waals surface area contributed by atoms with E-state index in [1.807, 2.05) is 19.1 Å². The molecule has 1 aromatic heterocycles. The molecule has 0 aliphatic heterocycles. The summed E-state index contributed by atoms with van der Waals surface area (Å²) in [5.74, 6) is 1.94. The van der Waals surface area contributed by atoms with Crippen LogP contribution in [-0.2, 0) is 0 Å². The minimum atomic E-state index is -0.383. The van der Waals surface area contributed by atoms with Gasteiger partial charge in [-0.05, 0) is 38.0 Å². The topological polar surface area (TPSA) is 47.0 Å². The Hall–Kier alpha value is -2.17. The van der Waals surface area contributed by atoms with Crippen LogP contribution >= 0.6 is 0 Å². The Morgan fingerprint density at radius 1 is 1.29 bits per heavy atom. The van der Waals surface area contributed by atoms with Crippen molar-refractivity contribution in [2.75, 3.05) is 19.0 Å². The van der Waals surface area contributed by atoms with E-state index in [9.17, 15) is 4.39 Å². The number of methoxy groups -OCH3 is 1. The Morgan fingerprint density at radius 2 is 2.10 bits per heavy atom. The van der Waals surface area contributed by atoms with Crippen molar-refractivity contribution in [3.8, 4) is 17.0 Å². The largest absolute Gasteiger partial charge is 0.494 e. The van der Waals surface area contributed by atoms with E-state index < -0.39 is 0 Å². The fraction of sp³-hybridized carbons (Fsp3) is 0.375. The lowest BCUT2D eigenvalue weighted by atomic mass is 10.1. The number of ether oxygens (including phenoxy) is 1. The smallest absolute Gasteiger partial charge is 0.165 e. The quantitative estimate of drug-likeness (QED) is 0.912. The molecule has 0 saturated heterocycles. The number of anilines is 1. The average molecular weight is 287 g/mol. The Morgan fingerprint density at radius 3 is 2.71 bits per heavy atom. The first-order valence-corrected chi connectivity index (χ1v) is 7.18. The van der Waals surface area contributed by atoms with Gasteiger partial charge in [0, 0.05) is 24.1 Å². The van der Waals surface area contributed by atoms with Gasteiger partial charge in [-0.2, -0.15) is 0 Å². The molecule has 0 spiro atoms. The summed E-state index contributed by atoms with van der Waals surface area (Å²) in [6.45, 7) is 2.81. The maximum atomic E-state index is 13.9. The van der Waals surface area contributed by atoms with Crippen LogP contribution in [0.5, 0.6) is 5.75 Å². The summed E-state index contributed by atoms with van der Waals surface area (Å²) >= 11 is 0. The lowest BCUT2D eigenvalue weighted by molar-refractivity contribution is 0.386. The third-order valence-corrected chi connectivity index (χ3v) is 3.49. The third kappa shape index (κ3) is 2.96. The van der Waals surface area contributed by atoms with Crippen molar-refractivity contribution in [1.82, 2.24) is 9.97 Å². The number of hydrogen-bond donors (Lipinski definition) is 1. The van der Waals surface area contributed by atoms with Gasteiger partial charge in [0.25, 0.3) is 0 Å². The maximum absolute atomic E-state index is 13.9. The number of benzene rings is 1. The van der Waals surface area contributed by atoms with Gasteiger partial charge in [0.15, 0.2) is 11.6 Å². The summed E-state index contributed by atoms with van der Waals surface area (Å²) < 4.78 is 18.8. The molecule has 0 unspecified atom stereocenters.